The first-order valence-electron chi connectivity index (χ1n) is 9.17. The molecule has 1 heterocycles. The normalized spacial score (nSPS) is 19.6. The minimum Gasteiger partial charge on any atom is -0.326 e. The Bertz CT molecular complexity index is 768. The fourth-order valence-corrected chi connectivity index (χ4v) is 3.69. The van der Waals surface area contributed by atoms with Crippen LogP contribution in [0.3, 0.4) is 0 Å². The second kappa shape index (κ2) is 7.38. The first kappa shape index (κ1) is 18.9. The molecular weight excluding hydrogens is 348 g/mol. The minimum absolute atomic E-state index is 0.185. The van der Waals surface area contributed by atoms with Gasteiger partial charge in [-0.25, -0.2) is 9.69 Å². The molecule has 2 aliphatic rings. The van der Waals surface area contributed by atoms with Gasteiger partial charge in [0, 0.05) is 18.3 Å². The third-order valence-electron chi connectivity index (χ3n) is 5.14. The lowest BCUT2D eigenvalue weighted by atomic mass is 9.81. The number of nitrogens with one attached hydrogen (secondary N) is 3. The molecule has 144 valence electrons. The molecule has 0 bridgehead atoms. The summed E-state index contributed by atoms with van der Waals surface area (Å²) in [6.07, 6.45) is 4.07. The van der Waals surface area contributed by atoms with Gasteiger partial charge in [0.05, 0.1) is 0 Å². The molecule has 3 rings (SSSR count). The highest BCUT2D eigenvalue weighted by molar-refractivity contribution is 6.11. The van der Waals surface area contributed by atoms with E-state index in [0.717, 1.165) is 24.2 Å². The van der Waals surface area contributed by atoms with Crippen molar-refractivity contribution in [3.8, 4) is 0 Å². The zero-order valence-electron chi connectivity index (χ0n) is 15.5. The van der Waals surface area contributed by atoms with Crippen molar-refractivity contribution in [1.29, 1.82) is 0 Å². The van der Waals surface area contributed by atoms with Crippen LogP contribution >= 0.6 is 0 Å². The van der Waals surface area contributed by atoms with Gasteiger partial charge in [0.15, 0.2) is 0 Å². The molecule has 1 spiro atoms. The Balaban J connectivity index is 1.67. The number of imide groups is 1. The molecule has 0 aromatic heterocycles. The second-order valence-electron chi connectivity index (χ2n) is 7.17. The van der Waals surface area contributed by atoms with Crippen LogP contribution in [0.25, 0.3) is 0 Å². The summed E-state index contributed by atoms with van der Waals surface area (Å²) in [5, 5.41) is 8.16. The number of nitrogens with zero attached hydrogens (tertiary/aromatic N) is 1. The van der Waals surface area contributed by atoms with Crippen molar-refractivity contribution in [3.05, 3.63) is 24.3 Å². The molecule has 2 fully saturated rings. The number of amides is 5. The van der Waals surface area contributed by atoms with Gasteiger partial charge < -0.3 is 16.0 Å². The number of urea groups is 1. The fraction of sp³-hybridized carbons (Fsp3) is 0.474. The van der Waals surface area contributed by atoms with Crippen LogP contribution in [0, 0.1) is 0 Å². The van der Waals surface area contributed by atoms with E-state index in [0.29, 0.717) is 24.2 Å². The Labute approximate surface area is 157 Å². The van der Waals surface area contributed by atoms with E-state index in [9.17, 15) is 19.2 Å². The number of rotatable bonds is 4. The van der Waals surface area contributed by atoms with E-state index in [1.165, 1.54) is 6.92 Å². The van der Waals surface area contributed by atoms with Crippen molar-refractivity contribution >= 4 is 35.1 Å². The largest absolute Gasteiger partial charge is 0.326 e. The summed E-state index contributed by atoms with van der Waals surface area (Å²) in [6.45, 7) is 2.95. The number of hydrogen-bond donors (Lipinski definition) is 3. The molecule has 1 atom stereocenters. The van der Waals surface area contributed by atoms with Crippen LogP contribution in [0.5, 0.6) is 0 Å². The monoisotopic (exact) mass is 372 g/mol. The number of carbonyl (C=O) groups is 4. The van der Waals surface area contributed by atoms with E-state index in [1.807, 2.05) is 0 Å². The third kappa shape index (κ3) is 3.79. The van der Waals surface area contributed by atoms with Crippen molar-refractivity contribution in [2.45, 2.75) is 57.5 Å². The Morgan fingerprint density at radius 1 is 1.04 bits per heavy atom. The molecule has 8 heteroatoms. The summed E-state index contributed by atoms with van der Waals surface area (Å²) in [7, 11) is 0. The molecule has 5 amide bonds. The van der Waals surface area contributed by atoms with Crippen LogP contribution in [-0.2, 0) is 14.4 Å². The molecule has 1 aliphatic heterocycles. The Morgan fingerprint density at radius 3 is 2.15 bits per heavy atom. The van der Waals surface area contributed by atoms with Crippen LogP contribution < -0.4 is 16.0 Å². The van der Waals surface area contributed by atoms with E-state index >= 15 is 0 Å². The smallest absolute Gasteiger partial charge is 0.325 e. The molecular formula is C19H24N4O4. The van der Waals surface area contributed by atoms with Crippen molar-refractivity contribution in [2.75, 3.05) is 10.6 Å². The summed E-state index contributed by atoms with van der Waals surface area (Å²) >= 11 is 0. The van der Waals surface area contributed by atoms with E-state index in [-0.39, 0.29) is 11.8 Å². The van der Waals surface area contributed by atoms with Crippen LogP contribution in [0.1, 0.15) is 46.0 Å². The Hall–Kier alpha value is -2.90. The van der Waals surface area contributed by atoms with E-state index in [2.05, 4.69) is 16.0 Å². The van der Waals surface area contributed by atoms with Crippen molar-refractivity contribution in [1.82, 2.24) is 10.2 Å². The summed E-state index contributed by atoms with van der Waals surface area (Å²) in [6, 6.07) is 5.17. The predicted molar refractivity (Wildman–Crippen MR) is 100 cm³/mol. The molecule has 3 N–H and O–H groups in total. The standard InChI is InChI=1S/C19H24N4O4/c1-12(16(25)21-15-8-6-14(7-9-15)20-13(2)24)23-17(26)19(22-18(23)27)10-4-3-5-11-19/h6-9,12H,3-5,10-11H2,1-2H3,(H,20,24)(H,21,25)(H,22,27)/t12-/m0/s1. The van der Waals surface area contributed by atoms with Gasteiger partial charge in [-0.2, -0.15) is 0 Å². The first-order valence-corrected chi connectivity index (χ1v) is 9.17. The second-order valence-corrected chi connectivity index (χ2v) is 7.17. The SMILES string of the molecule is CC(=O)Nc1ccc(NC(=O)[C@H](C)N2C(=O)NC3(CCCCC3)C2=O)cc1. The maximum absolute atomic E-state index is 12.9. The topological polar surface area (TPSA) is 108 Å². The molecule has 27 heavy (non-hydrogen) atoms. The maximum atomic E-state index is 12.9. The van der Waals surface area contributed by atoms with Gasteiger partial charge in [0.25, 0.3) is 5.91 Å². The maximum Gasteiger partial charge on any atom is 0.325 e. The van der Waals surface area contributed by atoms with Crippen LogP contribution in [-0.4, -0.2) is 40.2 Å². The average molecular weight is 372 g/mol. The summed E-state index contributed by atoms with van der Waals surface area (Å²) in [4.78, 5) is 49.9. The number of hydrogen-bond acceptors (Lipinski definition) is 4. The van der Waals surface area contributed by atoms with Gasteiger partial charge in [-0.3, -0.25) is 14.4 Å². The quantitative estimate of drug-likeness (QED) is 0.704. The predicted octanol–water partition coefficient (Wildman–Crippen LogP) is 2.23. The zero-order valence-corrected chi connectivity index (χ0v) is 15.5. The van der Waals surface area contributed by atoms with Gasteiger partial charge in [-0.05, 0) is 44.0 Å². The molecule has 1 saturated heterocycles. The highest BCUT2D eigenvalue weighted by Crippen LogP contribution is 2.34. The van der Waals surface area contributed by atoms with Gasteiger partial charge in [0.1, 0.15) is 11.6 Å². The van der Waals surface area contributed by atoms with Crippen molar-refractivity contribution in [3.63, 3.8) is 0 Å². The van der Waals surface area contributed by atoms with Crippen molar-refractivity contribution < 1.29 is 19.2 Å². The highest BCUT2D eigenvalue weighted by Gasteiger charge is 2.53. The molecule has 1 saturated carbocycles. The Morgan fingerprint density at radius 2 is 1.59 bits per heavy atom. The fourth-order valence-electron chi connectivity index (χ4n) is 3.69. The molecule has 1 aromatic carbocycles. The zero-order chi connectivity index (χ0) is 19.6. The minimum atomic E-state index is -0.922. The van der Waals surface area contributed by atoms with Crippen molar-refractivity contribution in [2.24, 2.45) is 0 Å². The molecule has 8 nitrogen and oxygen atoms in total. The number of carbonyl (C=O) groups excluding carboxylic acids is 4. The lowest BCUT2D eigenvalue weighted by molar-refractivity contribution is -0.137. The average Bonchev–Trinajstić information content (AvgIpc) is 2.86. The highest BCUT2D eigenvalue weighted by atomic mass is 16.2. The van der Waals surface area contributed by atoms with E-state index in [4.69, 9.17) is 0 Å². The molecule has 0 unspecified atom stereocenters. The van der Waals surface area contributed by atoms with E-state index < -0.39 is 23.5 Å². The van der Waals surface area contributed by atoms with Gasteiger partial charge >= 0.3 is 6.03 Å². The van der Waals surface area contributed by atoms with Crippen LogP contribution in [0.2, 0.25) is 0 Å². The lowest BCUT2D eigenvalue weighted by Gasteiger charge is -2.31. The van der Waals surface area contributed by atoms with Gasteiger partial charge in [-0.15, -0.1) is 0 Å². The van der Waals surface area contributed by atoms with Gasteiger partial charge in [-0.1, -0.05) is 19.3 Å². The molecule has 0 radical (unpaired) electrons. The van der Waals surface area contributed by atoms with Crippen LogP contribution in [0.15, 0.2) is 24.3 Å². The summed E-state index contributed by atoms with van der Waals surface area (Å²) in [5.41, 5.74) is 0.284. The number of anilines is 2. The van der Waals surface area contributed by atoms with Crippen LogP contribution in [0.4, 0.5) is 16.2 Å². The first-order chi connectivity index (χ1) is 12.8. The summed E-state index contributed by atoms with van der Waals surface area (Å²) < 4.78 is 0. The third-order valence-corrected chi connectivity index (χ3v) is 5.14. The van der Waals surface area contributed by atoms with Gasteiger partial charge in [0.2, 0.25) is 11.8 Å². The molecule has 1 aromatic rings. The number of benzene rings is 1. The summed E-state index contributed by atoms with van der Waals surface area (Å²) in [5.74, 6) is -0.940. The Kier molecular flexibility index (Phi) is 5.16. The molecule has 1 aliphatic carbocycles. The lowest BCUT2D eigenvalue weighted by Crippen LogP contribution is -2.50. The van der Waals surface area contributed by atoms with E-state index in [1.54, 1.807) is 31.2 Å².